The van der Waals surface area contributed by atoms with Crippen LogP contribution in [0.3, 0.4) is 0 Å². The summed E-state index contributed by atoms with van der Waals surface area (Å²) in [7, 11) is 0. The fourth-order valence-corrected chi connectivity index (χ4v) is 1.73. The lowest BCUT2D eigenvalue weighted by Gasteiger charge is -2.24. The van der Waals surface area contributed by atoms with E-state index in [0.717, 1.165) is 5.56 Å². The van der Waals surface area contributed by atoms with Crippen molar-refractivity contribution in [1.29, 1.82) is 5.26 Å². The average molecular weight is 245 g/mol. The molecule has 0 heterocycles. The van der Waals surface area contributed by atoms with Gasteiger partial charge in [-0.2, -0.15) is 5.26 Å². The Labute approximate surface area is 108 Å². The lowest BCUT2D eigenvalue weighted by molar-refractivity contribution is -0.133. The van der Waals surface area contributed by atoms with Gasteiger partial charge in [0.15, 0.2) is 0 Å². The molecule has 1 aromatic carbocycles. The van der Waals surface area contributed by atoms with E-state index in [2.05, 4.69) is 6.07 Å². The maximum absolute atomic E-state index is 12.0. The zero-order valence-electron chi connectivity index (χ0n) is 10.9. The molecule has 1 unspecified atom stereocenters. The van der Waals surface area contributed by atoms with Gasteiger partial charge >= 0.3 is 0 Å². The summed E-state index contributed by atoms with van der Waals surface area (Å²) in [5.74, 6) is -0.0623. The van der Waals surface area contributed by atoms with Gasteiger partial charge in [-0.15, -0.1) is 0 Å². The Balaban J connectivity index is 2.87. The van der Waals surface area contributed by atoms with Gasteiger partial charge in [-0.25, -0.2) is 0 Å². The highest BCUT2D eigenvalue weighted by Gasteiger charge is 2.19. The highest BCUT2D eigenvalue weighted by molar-refractivity contribution is 5.81. The molecule has 1 rings (SSSR count). The highest BCUT2D eigenvalue weighted by Crippen LogP contribution is 2.11. The van der Waals surface area contributed by atoms with Crippen LogP contribution in [0.25, 0.3) is 0 Å². The number of hydrogen-bond acceptors (Lipinski definition) is 3. The van der Waals surface area contributed by atoms with Gasteiger partial charge in [-0.1, -0.05) is 25.1 Å². The Morgan fingerprint density at radius 2 is 2.11 bits per heavy atom. The van der Waals surface area contributed by atoms with E-state index in [1.807, 2.05) is 32.0 Å². The van der Waals surface area contributed by atoms with E-state index >= 15 is 0 Å². The SMILES string of the molecule is CCC(N)C(=O)N(CC)Cc1ccccc1C#N. The second kappa shape index (κ2) is 6.77. The molecule has 0 aliphatic carbocycles. The number of nitrogens with two attached hydrogens (primary N) is 1. The Morgan fingerprint density at radius 1 is 1.44 bits per heavy atom. The summed E-state index contributed by atoms with van der Waals surface area (Å²) < 4.78 is 0. The Morgan fingerprint density at radius 3 is 2.67 bits per heavy atom. The first kappa shape index (κ1) is 14.2. The second-order valence-electron chi connectivity index (χ2n) is 4.14. The number of nitriles is 1. The van der Waals surface area contributed by atoms with E-state index in [9.17, 15) is 4.79 Å². The lowest BCUT2D eigenvalue weighted by Crippen LogP contribution is -2.43. The van der Waals surface area contributed by atoms with E-state index in [-0.39, 0.29) is 5.91 Å². The number of amides is 1. The predicted molar refractivity (Wildman–Crippen MR) is 70.5 cm³/mol. The summed E-state index contributed by atoms with van der Waals surface area (Å²) in [5, 5.41) is 9.02. The van der Waals surface area contributed by atoms with Crippen LogP contribution in [0.15, 0.2) is 24.3 Å². The summed E-state index contributed by atoms with van der Waals surface area (Å²) in [6, 6.07) is 8.99. The fraction of sp³-hybridized carbons (Fsp3) is 0.429. The van der Waals surface area contributed by atoms with Crippen LogP contribution in [0, 0.1) is 11.3 Å². The number of rotatable bonds is 5. The summed E-state index contributed by atoms with van der Waals surface area (Å²) in [6.07, 6.45) is 0.620. The average Bonchev–Trinajstić information content (AvgIpc) is 2.43. The molecule has 1 amide bonds. The van der Waals surface area contributed by atoms with E-state index < -0.39 is 6.04 Å². The summed E-state index contributed by atoms with van der Waals surface area (Å²) in [5.41, 5.74) is 7.23. The van der Waals surface area contributed by atoms with Crippen LogP contribution in [-0.2, 0) is 11.3 Å². The maximum atomic E-state index is 12.0. The van der Waals surface area contributed by atoms with Crippen molar-refractivity contribution >= 4 is 5.91 Å². The first-order valence-electron chi connectivity index (χ1n) is 6.16. The third-order valence-electron chi connectivity index (χ3n) is 2.95. The minimum Gasteiger partial charge on any atom is -0.337 e. The molecule has 18 heavy (non-hydrogen) atoms. The number of carbonyl (C=O) groups is 1. The predicted octanol–water partition coefficient (Wildman–Crippen LogP) is 1.64. The summed E-state index contributed by atoms with van der Waals surface area (Å²) >= 11 is 0. The van der Waals surface area contributed by atoms with Crippen molar-refractivity contribution in [2.75, 3.05) is 6.54 Å². The molecule has 1 atom stereocenters. The van der Waals surface area contributed by atoms with Gasteiger partial charge in [0, 0.05) is 13.1 Å². The smallest absolute Gasteiger partial charge is 0.239 e. The number of likely N-dealkylation sites (N-methyl/N-ethyl adjacent to an activating group) is 1. The number of carbonyl (C=O) groups excluding carboxylic acids is 1. The van der Waals surface area contributed by atoms with Crippen LogP contribution in [0.5, 0.6) is 0 Å². The molecule has 4 heteroatoms. The molecule has 0 aromatic heterocycles. The van der Waals surface area contributed by atoms with Gasteiger partial charge in [0.25, 0.3) is 0 Å². The van der Waals surface area contributed by atoms with E-state index in [1.54, 1.807) is 11.0 Å². The van der Waals surface area contributed by atoms with Crippen LogP contribution in [-0.4, -0.2) is 23.4 Å². The summed E-state index contributed by atoms with van der Waals surface area (Å²) in [4.78, 5) is 13.7. The molecule has 96 valence electrons. The quantitative estimate of drug-likeness (QED) is 0.857. The summed E-state index contributed by atoms with van der Waals surface area (Å²) in [6.45, 7) is 4.83. The molecule has 0 saturated heterocycles. The normalized spacial score (nSPS) is 11.7. The molecule has 0 radical (unpaired) electrons. The third kappa shape index (κ3) is 3.31. The Hall–Kier alpha value is -1.86. The Kier molecular flexibility index (Phi) is 5.34. The van der Waals surface area contributed by atoms with Crippen molar-refractivity contribution in [2.24, 2.45) is 5.73 Å². The van der Waals surface area contributed by atoms with E-state index in [0.29, 0.717) is 25.1 Å². The number of nitrogens with zero attached hydrogens (tertiary/aromatic N) is 2. The van der Waals surface area contributed by atoms with Crippen LogP contribution >= 0.6 is 0 Å². The zero-order chi connectivity index (χ0) is 13.5. The third-order valence-corrected chi connectivity index (χ3v) is 2.95. The molecular weight excluding hydrogens is 226 g/mol. The van der Waals surface area contributed by atoms with Crippen LogP contribution in [0.4, 0.5) is 0 Å². The lowest BCUT2D eigenvalue weighted by atomic mass is 10.1. The first-order valence-corrected chi connectivity index (χ1v) is 6.16. The Bertz CT molecular complexity index is 451. The van der Waals surface area contributed by atoms with Gasteiger partial charge in [0.05, 0.1) is 17.7 Å². The molecule has 1 aromatic rings. The van der Waals surface area contributed by atoms with E-state index in [4.69, 9.17) is 11.0 Å². The van der Waals surface area contributed by atoms with Gasteiger partial charge in [-0.05, 0) is 25.0 Å². The maximum Gasteiger partial charge on any atom is 0.239 e. The zero-order valence-corrected chi connectivity index (χ0v) is 10.9. The van der Waals surface area contributed by atoms with Crippen molar-refractivity contribution in [1.82, 2.24) is 4.90 Å². The molecular formula is C14H19N3O. The molecule has 0 saturated carbocycles. The first-order chi connectivity index (χ1) is 8.63. The van der Waals surface area contributed by atoms with Gasteiger partial charge in [0.1, 0.15) is 0 Å². The van der Waals surface area contributed by atoms with Crippen LogP contribution < -0.4 is 5.73 Å². The van der Waals surface area contributed by atoms with Crippen molar-refractivity contribution in [3.8, 4) is 6.07 Å². The van der Waals surface area contributed by atoms with E-state index in [1.165, 1.54) is 0 Å². The van der Waals surface area contributed by atoms with Crippen molar-refractivity contribution in [3.05, 3.63) is 35.4 Å². The minimum atomic E-state index is -0.459. The van der Waals surface area contributed by atoms with Crippen molar-refractivity contribution in [2.45, 2.75) is 32.9 Å². The van der Waals surface area contributed by atoms with Gasteiger partial charge in [-0.3, -0.25) is 4.79 Å². The van der Waals surface area contributed by atoms with Crippen LogP contribution in [0.1, 0.15) is 31.4 Å². The van der Waals surface area contributed by atoms with Gasteiger partial charge < -0.3 is 10.6 Å². The second-order valence-corrected chi connectivity index (χ2v) is 4.14. The van der Waals surface area contributed by atoms with Crippen LogP contribution in [0.2, 0.25) is 0 Å². The van der Waals surface area contributed by atoms with Crippen molar-refractivity contribution in [3.63, 3.8) is 0 Å². The molecule has 2 N–H and O–H groups in total. The minimum absolute atomic E-state index is 0.0623. The van der Waals surface area contributed by atoms with Gasteiger partial charge in [0.2, 0.25) is 5.91 Å². The topological polar surface area (TPSA) is 70.1 Å². The van der Waals surface area contributed by atoms with Crippen molar-refractivity contribution < 1.29 is 4.79 Å². The standard InChI is InChI=1S/C14H19N3O/c1-3-13(16)14(18)17(4-2)10-12-8-6-5-7-11(12)9-15/h5-8,13H,3-4,10,16H2,1-2H3. The molecule has 0 aliphatic rings. The molecule has 0 aliphatic heterocycles. The molecule has 0 bridgehead atoms. The fourth-order valence-electron chi connectivity index (χ4n) is 1.73. The monoisotopic (exact) mass is 245 g/mol. The number of hydrogen-bond donors (Lipinski definition) is 1. The largest absolute Gasteiger partial charge is 0.337 e. The number of benzene rings is 1. The molecule has 4 nitrogen and oxygen atoms in total. The molecule has 0 fully saturated rings. The highest BCUT2D eigenvalue weighted by atomic mass is 16.2. The molecule has 0 spiro atoms.